The van der Waals surface area contributed by atoms with E-state index in [9.17, 15) is 15.0 Å². The highest BCUT2D eigenvalue weighted by Gasteiger charge is 2.50. The van der Waals surface area contributed by atoms with Crippen LogP contribution >= 0.6 is 0 Å². The number of carboxylic acid groups (broad SMARTS) is 1. The van der Waals surface area contributed by atoms with Crippen LogP contribution in [0.4, 0.5) is 0 Å². The molecule has 0 spiro atoms. The lowest BCUT2D eigenvalue weighted by molar-refractivity contribution is -0.321. The molecular formula is C9H16O7. The van der Waals surface area contributed by atoms with E-state index in [0.29, 0.717) is 0 Å². The van der Waals surface area contributed by atoms with Crippen molar-refractivity contribution in [2.75, 3.05) is 6.61 Å². The first-order valence-electron chi connectivity index (χ1n) is 5.30. The van der Waals surface area contributed by atoms with Crippen LogP contribution in [0.5, 0.6) is 0 Å². The minimum Gasteiger partial charge on any atom is -0.481 e. The SMILES string of the molecule is [2H]OC1([C@@H](C)C(=O)O)C[C@@H](O)[C@H](O)[C@@H](CO)O1. The van der Waals surface area contributed by atoms with Crippen LogP contribution in [0.1, 0.15) is 13.3 Å². The molecule has 0 aromatic rings. The quantitative estimate of drug-likeness (QED) is 0.379. The lowest BCUT2D eigenvalue weighted by Crippen LogP contribution is -2.59. The zero-order valence-corrected chi connectivity index (χ0v) is 8.74. The largest absolute Gasteiger partial charge is 0.481 e. The number of rotatable bonds is 4. The molecule has 0 aromatic carbocycles. The van der Waals surface area contributed by atoms with E-state index in [2.05, 4.69) is 5.11 Å². The number of aliphatic hydroxyl groups excluding tert-OH is 3. The molecule has 16 heavy (non-hydrogen) atoms. The number of ether oxygens (including phenoxy) is 1. The standard InChI is InChI=1S/C9H16O7/c1-4(8(13)14)9(15)2-5(11)7(12)6(3-10)16-9/h4-7,10-12,15H,2-3H2,1H3,(H,13,14)/t4-,5+,6+,7-,9?/m0/s1/i15D. The van der Waals surface area contributed by atoms with Gasteiger partial charge in [0.1, 0.15) is 18.1 Å². The molecular weight excluding hydrogens is 220 g/mol. The summed E-state index contributed by atoms with van der Waals surface area (Å²) in [5.74, 6) is -4.37. The second-order valence-electron chi connectivity index (χ2n) is 3.97. The number of hydrogen-bond donors (Lipinski definition) is 5. The summed E-state index contributed by atoms with van der Waals surface area (Å²) in [5, 5.41) is 41.2. The normalized spacial score (nSPS) is 42.5. The molecule has 0 radical (unpaired) electrons. The van der Waals surface area contributed by atoms with Crippen LogP contribution < -0.4 is 0 Å². The predicted octanol–water partition coefficient (Wildman–Crippen LogP) is -2.10. The Balaban J connectivity index is 2.96. The fourth-order valence-electron chi connectivity index (χ4n) is 1.65. The molecule has 5 N–H and O–H groups in total. The van der Waals surface area contributed by atoms with Gasteiger partial charge in [-0.15, -0.1) is 0 Å². The van der Waals surface area contributed by atoms with Crippen LogP contribution in [0.15, 0.2) is 0 Å². The van der Waals surface area contributed by atoms with E-state index in [-0.39, 0.29) is 6.42 Å². The van der Waals surface area contributed by atoms with Gasteiger partial charge in [0.2, 0.25) is 1.43 Å². The Hall–Kier alpha value is -0.730. The molecule has 1 saturated heterocycles. The maximum absolute atomic E-state index is 10.9. The highest BCUT2D eigenvalue weighted by atomic mass is 16.6. The van der Waals surface area contributed by atoms with Crippen molar-refractivity contribution in [3.63, 3.8) is 0 Å². The highest BCUT2D eigenvalue weighted by molar-refractivity contribution is 5.70. The summed E-state index contributed by atoms with van der Waals surface area (Å²) < 4.78 is 12.1. The van der Waals surface area contributed by atoms with Crippen molar-refractivity contribution in [2.45, 2.75) is 37.4 Å². The third kappa shape index (κ3) is 2.33. The second-order valence-corrected chi connectivity index (χ2v) is 3.97. The van der Waals surface area contributed by atoms with Crippen molar-refractivity contribution >= 4 is 5.97 Å². The van der Waals surface area contributed by atoms with Gasteiger partial charge in [0.25, 0.3) is 0 Å². The third-order valence-electron chi connectivity index (χ3n) is 2.83. The van der Waals surface area contributed by atoms with Crippen LogP contribution in [0.2, 0.25) is 0 Å². The van der Waals surface area contributed by atoms with Gasteiger partial charge < -0.3 is 30.3 Å². The maximum atomic E-state index is 10.9. The van der Waals surface area contributed by atoms with E-state index >= 15 is 0 Å². The Morgan fingerprint density at radius 2 is 2.31 bits per heavy atom. The fraction of sp³-hybridized carbons (Fsp3) is 0.889. The van der Waals surface area contributed by atoms with E-state index in [4.69, 9.17) is 16.4 Å². The Morgan fingerprint density at radius 1 is 1.69 bits per heavy atom. The van der Waals surface area contributed by atoms with E-state index in [1.54, 1.807) is 0 Å². The van der Waals surface area contributed by atoms with E-state index in [1.807, 2.05) is 0 Å². The average molecular weight is 237 g/mol. The summed E-state index contributed by atoms with van der Waals surface area (Å²) in [6, 6.07) is 0. The summed E-state index contributed by atoms with van der Waals surface area (Å²) in [7, 11) is 0. The molecule has 1 aliphatic rings. The smallest absolute Gasteiger partial charge is 0.311 e. The first-order valence-corrected chi connectivity index (χ1v) is 4.90. The van der Waals surface area contributed by atoms with Crippen molar-refractivity contribution < 1.29 is 35.1 Å². The van der Waals surface area contributed by atoms with E-state index in [0.717, 1.165) is 0 Å². The molecule has 5 atom stereocenters. The molecule has 0 bridgehead atoms. The summed E-state index contributed by atoms with van der Waals surface area (Å²) >= 11 is 0. The number of hydrogen-bond acceptors (Lipinski definition) is 6. The molecule has 94 valence electrons. The molecule has 7 nitrogen and oxygen atoms in total. The van der Waals surface area contributed by atoms with Gasteiger partial charge in [0.15, 0.2) is 5.79 Å². The molecule has 1 unspecified atom stereocenters. The number of aliphatic hydroxyl groups is 4. The molecule has 0 aromatic heterocycles. The fourth-order valence-corrected chi connectivity index (χ4v) is 1.65. The predicted molar refractivity (Wildman–Crippen MR) is 50.3 cm³/mol. The topological polar surface area (TPSA) is 127 Å². The number of aliphatic carboxylic acids is 1. The molecule has 1 heterocycles. The summed E-state index contributed by atoms with van der Waals surface area (Å²) in [6.07, 6.45) is -4.22. The molecule has 1 rings (SSSR count). The molecule has 7 heteroatoms. The monoisotopic (exact) mass is 237 g/mol. The van der Waals surface area contributed by atoms with Gasteiger partial charge in [-0.05, 0) is 6.92 Å². The number of carboxylic acids is 1. The molecule has 1 fully saturated rings. The summed E-state index contributed by atoms with van der Waals surface area (Å²) in [6.45, 7) is 0.644. The van der Waals surface area contributed by atoms with Gasteiger partial charge >= 0.3 is 5.97 Å². The van der Waals surface area contributed by atoms with E-state index < -0.39 is 42.6 Å². The lowest BCUT2D eigenvalue weighted by atomic mass is 9.88. The minimum absolute atomic E-state index is 0.359. The van der Waals surface area contributed by atoms with Crippen LogP contribution in [-0.4, -0.2) is 63.6 Å². The van der Waals surface area contributed by atoms with E-state index in [1.165, 1.54) is 6.92 Å². The molecule has 1 aliphatic heterocycles. The molecule has 0 amide bonds. The Labute approximate surface area is 93.4 Å². The van der Waals surface area contributed by atoms with Crippen molar-refractivity contribution in [3.05, 3.63) is 0 Å². The minimum atomic E-state index is -1.88. The van der Waals surface area contributed by atoms with Crippen molar-refractivity contribution in [1.29, 1.82) is 1.43 Å². The first-order chi connectivity index (χ1) is 7.88. The second kappa shape index (κ2) is 4.64. The van der Waals surface area contributed by atoms with Gasteiger partial charge in [0.05, 0.1) is 12.7 Å². The van der Waals surface area contributed by atoms with Crippen LogP contribution in [0.3, 0.4) is 0 Å². The maximum Gasteiger partial charge on any atom is 0.311 e. The van der Waals surface area contributed by atoms with Crippen LogP contribution in [0, 0.1) is 5.92 Å². The molecule has 0 aliphatic carbocycles. The zero-order chi connectivity index (χ0) is 13.2. The molecule has 0 saturated carbocycles. The zero-order valence-electron chi connectivity index (χ0n) is 9.74. The van der Waals surface area contributed by atoms with Gasteiger partial charge in [-0.3, -0.25) is 4.79 Å². The Kier molecular flexibility index (Phi) is 3.41. The lowest BCUT2D eigenvalue weighted by Gasteiger charge is -2.43. The highest BCUT2D eigenvalue weighted by Crippen LogP contribution is 2.33. The Bertz CT molecular complexity index is 287. The van der Waals surface area contributed by atoms with Crippen molar-refractivity contribution in [2.24, 2.45) is 5.92 Å². The van der Waals surface area contributed by atoms with Gasteiger partial charge in [-0.2, -0.15) is 0 Å². The summed E-state index contributed by atoms with van der Waals surface area (Å²) in [5.41, 5.74) is 0. The number of carbonyl (C=O) groups is 1. The summed E-state index contributed by atoms with van der Waals surface area (Å²) in [4.78, 5) is 10.9. The Morgan fingerprint density at radius 3 is 2.75 bits per heavy atom. The van der Waals surface area contributed by atoms with Crippen molar-refractivity contribution in [1.82, 2.24) is 0 Å². The average Bonchev–Trinajstić information content (AvgIpc) is 2.31. The van der Waals surface area contributed by atoms with Crippen molar-refractivity contribution in [3.8, 4) is 0 Å². The first kappa shape index (κ1) is 11.7. The third-order valence-corrected chi connectivity index (χ3v) is 2.83. The van der Waals surface area contributed by atoms with Gasteiger partial charge in [-0.25, -0.2) is 0 Å². The van der Waals surface area contributed by atoms with Crippen LogP contribution in [0.25, 0.3) is 0 Å². The van der Waals surface area contributed by atoms with Gasteiger partial charge in [0, 0.05) is 6.42 Å². The van der Waals surface area contributed by atoms with Gasteiger partial charge in [-0.1, -0.05) is 0 Å². The van der Waals surface area contributed by atoms with Crippen LogP contribution in [-0.2, 0) is 9.53 Å².